The van der Waals surface area contributed by atoms with Gasteiger partial charge in [0.1, 0.15) is 5.82 Å². The zero-order valence-corrected chi connectivity index (χ0v) is 15.4. The van der Waals surface area contributed by atoms with Crippen LogP contribution in [-0.4, -0.2) is 25.5 Å². The van der Waals surface area contributed by atoms with E-state index in [1.807, 2.05) is 37.3 Å². The predicted molar refractivity (Wildman–Crippen MR) is 105 cm³/mol. The van der Waals surface area contributed by atoms with Crippen LogP contribution in [0.1, 0.15) is 21.7 Å². The fourth-order valence-corrected chi connectivity index (χ4v) is 3.03. The van der Waals surface area contributed by atoms with Crippen LogP contribution in [0.5, 0.6) is 0 Å². The Bertz CT molecular complexity index is 1140. The number of rotatable bonds is 4. The summed E-state index contributed by atoms with van der Waals surface area (Å²) in [6, 6.07) is 15.3. The summed E-state index contributed by atoms with van der Waals surface area (Å²) in [4.78, 5) is 12.8. The van der Waals surface area contributed by atoms with E-state index >= 15 is 0 Å². The monoisotopic (exact) mass is 375 g/mol. The van der Waals surface area contributed by atoms with E-state index in [0.29, 0.717) is 22.6 Å². The molecule has 140 valence electrons. The molecule has 4 rings (SSSR count). The lowest BCUT2D eigenvalue weighted by Crippen LogP contribution is -2.13. The first-order valence-corrected chi connectivity index (χ1v) is 8.76. The molecule has 2 heterocycles. The van der Waals surface area contributed by atoms with Crippen LogP contribution in [0.15, 0.2) is 67.0 Å². The van der Waals surface area contributed by atoms with Crippen molar-refractivity contribution in [3.05, 3.63) is 89.8 Å². The molecule has 28 heavy (non-hydrogen) atoms. The Hall–Kier alpha value is -3.74. The lowest BCUT2D eigenvalue weighted by molar-refractivity contribution is 0.102. The van der Waals surface area contributed by atoms with Gasteiger partial charge in [0.05, 0.1) is 28.8 Å². The summed E-state index contributed by atoms with van der Waals surface area (Å²) >= 11 is 0. The molecule has 0 spiro atoms. The van der Waals surface area contributed by atoms with Crippen LogP contribution in [-0.2, 0) is 0 Å². The van der Waals surface area contributed by atoms with Crippen molar-refractivity contribution in [1.29, 1.82) is 0 Å². The van der Waals surface area contributed by atoms with Gasteiger partial charge in [-0.3, -0.25) is 4.79 Å². The molecular formula is C21H18FN5O. The highest BCUT2D eigenvalue weighted by Gasteiger charge is 2.16. The van der Waals surface area contributed by atoms with Crippen molar-refractivity contribution in [2.45, 2.75) is 13.8 Å². The summed E-state index contributed by atoms with van der Waals surface area (Å²) < 4.78 is 16.5. The van der Waals surface area contributed by atoms with Crippen molar-refractivity contribution in [3.8, 4) is 11.4 Å². The van der Waals surface area contributed by atoms with Gasteiger partial charge in [0.15, 0.2) is 0 Å². The van der Waals surface area contributed by atoms with Crippen molar-refractivity contribution in [2.24, 2.45) is 0 Å². The molecular weight excluding hydrogens is 357 g/mol. The number of hydrogen-bond acceptors (Lipinski definition) is 3. The zero-order chi connectivity index (χ0) is 19.7. The minimum absolute atomic E-state index is 0.264. The molecule has 0 fully saturated rings. The number of aryl methyl sites for hydroxylation is 1. The fourth-order valence-electron chi connectivity index (χ4n) is 3.03. The number of halogens is 1. The molecule has 4 aromatic rings. The first-order valence-electron chi connectivity index (χ1n) is 8.76. The standard InChI is InChI=1S/C21H18FN5O/c1-14-10-11-23-26(14)19-5-3-4-17(12-19)25-21(28)20-13-24-27(15(20)2)18-8-6-16(22)7-9-18/h3-13H,1-2H3,(H,25,28). The van der Waals surface area contributed by atoms with Gasteiger partial charge < -0.3 is 5.32 Å². The molecule has 6 nitrogen and oxygen atoms in total. The fraction of sp³-hybridized carbons (Fsp3) is 0.0952. The molecule has 0 aliphatic carbocycles. The van der Waals surface area contributed by atoms with Gasteiger partial charge in [-0.1, -0.05) is 6.07 Å². The maximum absolute atomic E-state index is 13.1. The van der Waals surface area contributed by atoms with E-state index in [-0.39, 0.29) is 11.7 Å². The van der Waals surface area contributed by atoms with E-state index in [0.717, 1.165) is 11.4 Å². The van der Waals surface area contributed by atoms with Gasteiger partial charge in [-0.25, -0.2) is 13.8 Å². The molecule has 1 amide bonds. The Morgan fingerprint density at radius 3 is 2.46 bits per heavy atom. The van der Waals surface area contributed by atoms with Crippen LogP contribution >= 0.6 is 0 Å². The molecule has 0 aliphatic heterocycles. The Kier molecular flexibility index (Phi) is 4.49. The third-order valence-electron chi connectivity index (χ3n) is 4.51. The van der Waals surface area contributed by atoms with Gasteiger partial charge in [0.2, 0.25) is 0 Å². The van der Waals surface area contributed by atoms with Crippen LogP contribution in [0.3, 0.4) is 0 Å². The summed E-state index contributed by atoms with van der Waals surface area (Å²) in [6.07, 6.45) is 3.24. The number of anilines is 1. The van der Waals surface area contributed by atoms with E-state index in [2.05, 4.69) is 15.5 Å². The van der Waals surface area contributed by atoms with Crippen molar-refractivity contribution in [2.75, 3.05) is 5.32 Å². The van der Waals surface area contributed by atoms with Crippen LogP contribution in [0.4, 0.5) is 10.1 Å². The summed E-state index contributed by atoms with van der Waals surface area (Å²) in [5, 5.41) is 11.5. The first kappa shape index (κ1) is 17.7. The van der Waals surface area contributed by atoms with Gasteiger partial charge in [-0.2, -0.15) is 10.2 Å². The number of carbonyl (C=O) groups excluding carboxylic acids is 1. The number of nitrogens with one attached hydrogen (secondary N) is 1. The maximum Gasteiger partial charge on any atom is 0.259 e. The first-order chi connectivity index (χ1) is 13.5. The average molecular weight is 375 g/mol. The van der Waals surface area contributed by atoms with E-state index in [1.54, 1.807) is 34.6 Å². The highest BCUT2D eigenvalue weighted by atomic mass is 19.1. The number of hydrogen-bond donors (Lipinski definition) is 1. The molecule has 0 unspecified atom stereocenters. The Labute approximate surface area is 161 Å². The highest BCUT2D eigenvalue weighted by Crippen LogP contribution is 2.19. The van der Waals surface area contributed by atoms with Crippen molar-refractivity contribution in [3.63, 3.8) is 0 Å². The predicted octanol–water partition coefficient (Wildman–Crippen LogP) is 4.07. The topological polar surface area (TPSA) is 64.7 Å². The molecule has 0 saturated carbocycles. The molecule has 1 N–H and O–H groups in total. The highest BCUT2D eigenvalue weighted by molar-refractivity contribution is 6.05. The lowest BCUT2D eigenvalue weighted by atomic mass is 10.2. The number of nitrogens with zero attached hydrogens (tertiary/aromatic N) is 4. The smallest absolute Gasteiger partial charge is 0.259 e. The van der Waals surface area contributed by atoms with Gasteiger partial charge >= 0.3 is 0 Å². The van der Waals surface area contributed by atoms with Gasteiger partial charge in [0, 0.05) is 17.6 Å². The molecule has 2 aromatic carbocycles. The Balaban J connectivity index is 1.58. The molecule has 0 bridgehead atoms. The minimum atomic E-state index is -0.321. The van der Waals surface area contributed by atoms with E-state index in [1.165, 1.54) is 18.3 Å². The van der Waals surface area contributed by atoms with Crippen LogP contribution in [0.25, 0.3) is 11.4 Å². The van der Waals surface area contributed by atoms with Gasteiger partial charge in [0.25, 0.3) is 5.91 Å². The second-order valence-corrected chi connectivity index (χ2v) is 6.42. The largest absolute Gasteiger partial charge is 0.322 e. The molecule has 2 aromatic heterocycles. The van der Waals surface area contributed by atoms with Crippen LogP contribution < -0.4 is 5.32 Å². The quantitative estimate of drug-likeness (QED) is 0.585. The SMILES string of the molecule is Cc1ccnn1-c1cccc(NC(=O)c2cnn(-c3ccc(F)cc3)c2C)c1. The van der Waals surface area contributed by atoms with Crippen LogP contribution in [0.2, 0.25) is 0 Å². The number of amides is 1. The summed E-state index contributed by atoms with van der Waals surface area (Å²) in [7, 11) is 0. The van der Waals surface area contributed by atoms with Gasteiger partial charge in [-0.15, -0.1) is 0 Å². The normalized spacial score (nSPS) is 10.8. The van der Waals surface area contributed by atoms with Crippen LogP contribution in [0, 0.1) is 19.7 Å². The third-order valence-corrected chi connectivity index (χ3v) is 4.51. The summed E-state index contributed by atoms with van der Waals surface area (Å²) in [5.41, 5.74) is 4.33. The van der Waals surface area contributed by atoms with Crippen molar-refractivity contribution >= 4 is 11.6 Å². The summed E-state index contributed by atoms with van der Waals surface area (Å²) in [5.74, 6) is -0.584. The number of carbonyl (C=O) groups is 1. The zero-order valence-electron chi connectivity index (χ0n) is 15.4. The van der Waals surface area contributed by atoms with E-state index in [4.69, 9.17) is 0 Å². The maximum atomic E-state index is 13.1. The Morgan fingerprint density at radius 2 is 1.75 bits per heavy atom. The molecule has 0 radical (unpaired) electrons. The summed E-state index contributed by atoms with van der Waals surface area (Å²) in [6.45, 7) is 3.76. The average Bonchev–Trinajstić information content (AvgIpc) is 3.28. The second-order valence-electron chi connectivity index (χ2n) is 6.42. The Morgan fingerprint density at radius 1 is 0.964 bits per heavy atom. The third kappa shape index (κ3) is 3.29. The number of benzene rings is 2. The minimum Gasteiger partial charge on any atom is -0.322 e. The molecule has 0 aliphatic rings. The molecule has 7 heteroatoms. The van der Waals surface area contributed by atoms with Gasteiger partial charge in [-0.05, 0) is 62.4 Å². The number of aromatic nitrogens is 4. The second kappa shape index (κ2) is 7.11. The van der Waals surface area contributed by atoms with Crippen molar-refractivity contribution in [1.82, 2.24) is 19.6 Å². The molecule has 0 atom stereocenters. The van der Waals surface area contributed by atoms with Crippen molar-refractivity contribution < 1.29 is 9.18 Å². The van der Waals surface area contributed by atoms with E-state index in [9.17, 15) is 9.18 Å². The van der Waals surface area contributed by atoms with E-state index < -0.39 is 0 Å². The molecule has 0 saturated heterocycles. The lowest BCUT2D eigenvalue weighted by Gasteiger charge is -2.09.